The van der Waals surface area contributed by atoms with Gasteiger partial charge in [0.05, 0.1) is 0 Å². The van der Waals surface area contributed by atoms with Gasteiger partial charge in [-0.3, -0.25) is 9.48 Å². The fourth-order valence-corrected chi connectivity index (χ4v) is 2.26. The van der Waals surface area contributed by atoms with Gasteiger partial charge in [-0.05, 0) is 23.8 Å². The molecule has 0 unspecified atom stereocenters. The number of ether oxygens (including phenoxy) is 2. The number of hydrogen-bond acceptors (Lipinski definition) is 4. The van der Waals surface area contributed by atoms with Crippen molar-refractivity contribution >= 4 is 5.91 Å². The number of nitrogens with zero attached hydrogens (tertiary/aromatic N) is 3. The molecule has 0 fully saturated rings. The Morgan fingerprint density at radius 3 is 2.75 bits per heavy atom. The Balaban J connectivity index is 1.61. The zero-order chi connectivity index (χ0) is 17.3. The van der Waals surface area contributed by atoms with E-state index >= 15 is 0 Å². The summed E-state index contributed by atoms with van der Waals surface area (Å²) in [5, 5.41) is 3.37. The average Bonchev–Trinajstić information content (AvgIpc) is 3.14. The highest BCUT2D eigenvalue weighted by molar-refractivity contribution is 5.75. The minimum atomic E-state index is -4.52. The predicted octanol–water partition coefficient (Wildman–Crippen LogP) is 2.29. The van der Waals surface area contributed by atoms with E-state index in [9.17, 15) is 18.0 Å². The second kappa shape index (κ2) is 6.06. The predicted molar refractivity (Wildman–Crippen MR) is 76.3 cm³/mol. The summed E-state index contributed by atoms with van der Waals surface area (Å²) >= 11 is 0. The molecular weight excluding hydrogens is 327 g/mol. The van der Waals surface area contributed by atoms with Gasteiger partial charge in [-0.15, -0.1) is 0 Å². The number of rotatable bonds is 4. The molecule has 0 saturated heterocycles. The van der Waals surface area contributed by atoms with E-state index < -0.39 is 11.9 Å². The number of aromatic nitrogens is 2. The van der Waals surface area contributed by atoms with E-state index in [1.807, 2.05) is 0 Å². The fourth-order valence-electron chi connectivity index (χ4n) is 2.26. The number of hydrogen-bond donors (Lipinski definition) is 0. The Hall–Kier alpha value is -2.71. The van der Waals surface area contributed by atoms with Gasteiger partial charge in [-0.1, -0.05) is 6.07 Å². The molecule has 1 amide bonds. The van der Waals surface area contributed by atoms with Gasteiger partial charge in [-0.25, -0.2) is 0 Å². The van der Waals surface area contributed by atoms with Crippen molar-refractivity contribution in [2.24, 2.45) is 0 Å². The van der Waals surface area contributed by atoms with Crippen LogP contribution in [0.3, 0.4) is 0 Å². The molecule has 0 saturated carbocycles. The molecule has 128 valence electrons. The Labute approximate surface area is 135 Å². The van der Waals surface area contributed by atoms with Gasteiger partial charge in [0.25, 0.3) is 0 Å². The molecule has 2 aromatic rings. The highest BCUT2D eigenvalue weighted by Gasteiger charge is 2.33. The molecule has 0 radical (unpaired) electrons. The molecule has 0 N–H and O–H groups in total. The number of likely N-dealkylation sites (N-methyl/N-ethyl adjacent to an activating group) is 1. The van der Waals surface area contributed by atoms with Gasteiger partial charge in [0, 0.05) is 19.8 Å². The molecule has 0 spiro atoms. The largest absolute Gasteiger partial charge is 0.454 e. The van der Waals surface area contributed by atoms with Crippen molar-refractivity contribution in [2.75, 3.05) is 13.8 Å². The summed E-state index contributed by atoms with van der Waals surface area (Å²) in [6.45, 7) is 0.189. The Bertz CT molecular complexity index is 758. The molecule has 1 aromatic heterocycles. The first-order valence-electron chi connectivity index (χ1n) is 7.06. The molecule has 3 rings (SSSR count). The minimum Gasteiger partial charge on any atom is -0.454 e. The van der Waals surface area contributed by atoms with Crippen molar-refractivity contribution in [1.82, 2.24) is 14.7 Å². The van der Waals surface area contributed by atoms with Crippen molar-refractivity contribution < 1.29 is 27.4 Å². The van der Waals surface area contributed by atoms with E-state index in [1.54, 1.807) is 25.2 Å². The van der Waals surface area contributed by atoms with Crippen LogP contribution < -0.4 is 9.47 Å². The van der Waals surface area contributed by atoms with Crippen molar-refractivity contribution in [2.45, 2.75) is 19.3 Å². The maximum Gasteiger partial charge on any atom is 0.435 e. The zero-order valence-corrected chi connectivity index (χ0v) is 12.7. The molecule has 1 aliphatic heterocycles. The normalized spacial score (nSPS) is 13.2. The minimum absolute atomic E-state index is 0.161. The Kier molecular flexibility index (Phi) is 4.08. The van der Waals surface area contributed by atoms with E-state index in [4.69, 9.17) is 9.47 Å². The van der Waals surface area contributed by atoms with Crippen molar-refractivity contribution in [1.29, 1.82) is 0 Å². The summed E-state index contributed by atoms with van der Waals surface area (Å²) in [6.07, 6.45) is -3.39. The number of benzene rings is 1. The first kappa shape index (κ1) is 16.2. The molecular formula is C15H14F3N3O3. The van der Waals surface area contributed by atoms with Crippen LogP contribution in [-0.2, 0) is 24.1 Å². The number of carbonyl (C=O) groups excluding carboxylic acids is 1. The third-order valence-electron chi connectivity index (χ3n) is 3.51. The zero-order valence-electron chi connectivity index (χ0n) is 12.7. The van der Waals surface area contributed by atoms with E-state index in [2.05, 4.69) is 5.10 Å². The van der Waals surface area contributed by atoms with Crippen LogP contribution in [0.25, 0.3) is 0 Å². The molecule has 1 aliphatic rings. The lowest BCUT2D eigenvalue weighted by Crippen LogP contribution is -2.30. The summed E-state index contributed by atoms with van der Waals surface area (Å²) in [5.41, 5.74) is -0.194. The lowest BCUT2D eigenvalue weighted by atomic mass is 10.2. The van der Waals surface area contributed by atoms with Gasteiger partial charge in [-0.2, -0.15) is 18.3 Å². The summed E-state index contributed by atoms with van der Waals surface area (Å²) in [6, 6.07) is 6.15. The maximum absolute atomic E-state index is 12.5. The molecule has 9 heteroatoms. The van der Waals surface area contributed by atoms with E-state index in [0.717, 1.165) is 22.5 Å². The number of carbonyl (C=O) groups is 1. The number of halogens is 3. The fraction of sp³-hybridized carbons (Fsp3) is 0.333. The average molecular weight is 341 g/mol. The Morgan fingerprint density at radius 1 is 1.29 bits per heavy atom. The maximum atomic E-state index is 12.5. The van der Waals surface area contributed by atoms with E-state index in [1.165, 1.54) is 4.90 Å². The van der Waals surface area contributed by atoms with E-state index in [0.29, 0.717) is 18.0 Å². The third kappa shape index (κ3) is 3.44. The summed E-state index contributed by atoms with van der Waals surface area (Å²) in [7, 11) is 1.57. The molecule has 0 bridgehead atoms. The first-order chi connectivity index (χ1) is 11.3. The van der Waals surface area contributed by atoms with Gasteiger partial charge in [0.2, 0.25) is 12.7 Å². The second-order valence-electron chi connectivity index (χ2n) is 5.33. The number of fused-ring (bicyclic) bond motifs is 1. The van der Waals surface area contributed by atoms with E-state index in [-0.39, 0.29) is 19.2 Å². The monoisotopic (exact) mass is 341 g/mol. The Morgan fingerprint density at radius 2 is 2.04 bits per heavy atom. The molecule has 24 heavy (non-hydrogen) atoms. The summed E-state index contributed by atoms with van der Waals surface area (Å²) in [4.78, 5) is 13.5. The van der Waals surface area contributed by atoms with Crippen molar-refractivity contribution in [3.05, 3.63) is 41.7 Å². The molecule has 1 aromatic carbocycles. The molecule has 0 atom stereocenters. The first-order valence-corrected chi connectivity index (χ1v) is 7.06. The molecule has 0 aliphatic carbocycles. The summed E-state index contributed by atoms with van der Waals surface area (Å²) < 4.78 is 48.9. The van der Waals surface area contributed by atoms with Crippen molar-refractivity contribution in [3.8, 4) is 11.5 Å². The van der Waals surface area contributed by atoms with Crippen LogP contribution in [0.15, 0.2) is 30.5 Å². The second-order valence-corrected chi connectivity index (χ2v) is 5.33. The summed E-state index contributed by atoms with van der Waals surface area (Å²) in [5.74, 6) is 0.892. The highest BCUT2D eigenvalue weighted by Crippen LogP contribution is 2.32. The lowest BCUT2D eigenvalue weighted by molar-refractivity contribution is -0.142. The van der Waals surface area contributed by atoms with Crippen LogP contribution in [0.1, 0.15) is 11.3 Å². The quantitative estimate of drug-likeness (QED) is 0.856. The number of alkyl halides is 3. The van der Waals surface area contributed by atoms with Crippen LogP contribution in [0, 0.1) is 0 Å². The molecule has 2 heterocycles. The smallest absolute Gasteiger partial charge is 0.435 e. The highest BCUT2D eigenvalue weighted by atomic mass is 19.4. The number of amides is 1. The van der Waals surface area contributed by atoms with Crippen LogP contribution in [0.2, 0.25) is 0 Å². The van der Waals surface area contributed by atoms with Gasteiger partial charge < -0.3 is 14.4 Å². The van der Waals surface area contributed by atoms with Crippen molar-refractivity contribution in [3.63, 3.8) is 0 Å². The molecule has 6 nitrogen and oxygen atoms in total. The van der Waals surface area contributed by atoms with Crippen LogP contribution in [0.4, 0.5) is 13.2 Å². The van der Waals surface area contributed by atoms with Crippen LogP contribution >= 0.6 is 0 Å². The van der Waals surface area contributed by atoms with Crippen LogP contribution in [0.5, 0.6) is 11.5 Å². The van der Waals surface area contributed by atoms with Gasteiger partial charge >= 0.3 is 6.18 Å². The van der Waals surface area contributed by atoms with Crippen LogP contribution in [-0.4, -0.2) is 34.4 Å². The SMILES string of the molecule is CN(Cc1ccc2c(c1)OCO2)C(=O)Cn1ccc(C(F)(F)F)n1. The topological polar surface area (TPSA) is 56.6 Å². The standard InChI is InChI=1S/C15H14F3N3O3/c1-20(7-10-2-3-11-12(6-10)24-9-23-11)14(22)8-21-5-4-13(19-21)15(16,17)18/h2-6H,7-9H2,1H3. The van der Waals surface area contributed by atoms with Gasteiger partial charge in [0.1, 0.15) is 6.54 Å². The lowest BCUT2D eigenvalue weighted by Gasteiger charge is -2.17. The third-order valence-corrected chi connectivity index (χ3v) is 3.51. The van der Waals surface area contributed by atoms with Gasteiger partial charge in [0.15, 0.2) is 17.2 Å².